The summed E-state index contributed by atoms with van der Waals surface area (Å²) < 4.78 is 0. The second-order valence-electron chi connectivity index (χ2n) is 3.84. The van der Waals surface area contributed by atoms with Crippen molar-refractivity contribution in [3.8, 4) is 12.3 Å². The topological polar surface area (TPSA) is 98.2 Å². The maximum Gasteiger partial charge on any atom is 0.242 e. The van der Waals surface area contributed by atoms with Crippen LogP contribution in [0.4, 0.5) is 5.69 Å². The molecule has 1 aromatic carbocycles. The van der Waals surface area contributed by atoms with Gasteiger partial charge in [0.05, 0.1) is 12.5 Å². The Bertz CT molecular complexity index is 474. The van der Waals surface area contributed by atoms with E-state index in [1.54, 1.807) is 24.3 Å². The first-order valence-electron chi connectivity index (χ1n) is 5.40. The Morgan fingerprint density at radius 3 is 2.44 bits per heavy atom. The van der Waals surface area contributed by atoms with Crippen molar-refractivity contribution in [2.75, 3.05) is 5.32 Å². The van der Waals surface area contributed by atoms with E-state index in [0.717, 1.165) is 5.56 Å². The fourth-order valence-electron chi connectivity index (χ4n) is 1.36. The van der Waals surface area contributed by atoms with Crippen LogP contribution < -0.4 is 16.8 Å². The molecule has 5 heteroatoms. The average molecular weight is 245 g/mol. The van der Waals surface area contributed by atoms with Crippen LogP contribution in [0.5, 0.6) is 0 Å². The molecule has 0 aromatic heterocycles. The summed E-state index contributed by atoms with van der Waals surface area (Å²) in [4.78, 5) is 22.3. The number of carbonyl (C=O) groups excluding carboxylic acids is 2. The number of amides is 2. The van der Waals surface area contributed by atoms with Gasteiger partial charge in [0.15, 0.2) is 0 Å². The van der Waals surface area contributed by atoms with Crippen molar-refractivity contribution in [1.82, 2.24) is 0 Å². The highest BCUT2D eigenvalue weighted by molar-refractivity contribution is 5.94. The lowest BCUT2D eigenvalue weighted by Gasteiger charge is -2.09. The normalized spacial score (nSPS) is 11.3. The zero-order valence-corrected chi connectivity index (χ0v) is 9.85. The van der Waals surface area contributed by atoms with Crippen LogP contribution in [0.3, 0.4) is 0 Å². The molecule has 1 atom stereocenters. The molecule has 5 nitrogen and oxygen atoms in total. The van der Waals surface area contributed by atoms with E-state index in [2.05, 4.69) is 11.2 Å². The largest absolute Gasteiger partial charge is 0.369 e. The van der Waals surface area contributed by atoms with E-state index < -0.39 is 11.9 Å². The number of anilines is 1. The predicted octanol–water partition coefficient (Wildman–Crippen LogP) is 0.00350. The third-order valence-corrected chi connectivity index (χ3v) is 2.27. The third kappa shape index (κ3) is 4.28. The smallest absolute Gasteiger partial charge is 0.242 e. The van der Waals surface area contributed by atoms with Crippen LogP contribution in [0, 0.1) is 12.3 Å². The zero-order chi connectivity index (χ0) is 13.5. The number of primary amides is 1. The Labute approximate surface area is 106 Å². The number of terminal acetylenes is 1. The summed E-state index contributed by atoms with van der Waals surface area (Å²) in [5, 5.41) is 2.63. The van der Waals surface area contributed by atoms with Gasteiger partial charge in [-0.1, -0.05) is 12.1 Å². The van der Waals surface area contributed by atoms with Gasteiger partial charge >= 0.3 is 0 Å². The van der Waals surface area contributed by atoms with Gasteiger partial charge in [0.2, 0.25) is 11.8 Å². The summed E-state index contributed by atoms with van der Waals surface area (Å²) in [5.74, 6) is 1.59. The highest BCUT2D eigenvalue weighted by Gasteiger charge is 2.11. The van der Waals surface area contributed by atoms with Gasteiger partial charge in [-0.15, -0.1) is 12.3 Å². The Hall–Kier alpha value is -2.32. The van der Waals surface area contributed by atoms with E-state index in [0.29, 0.717) is 5.69 Å². The quantitative estimate of drug-likeness (QED) is 0.637. The number of rotatable bonds is 5. The summed E-state index contributed by atoms with van der Waals surface area (Å²) >= 11 is 0. The second kappa shape index (κ2) is 6.42. The van der Waals surface area contributed by atoms with Crippen LogP contribution >= 0.6 is 0 Å². The van der Waals surface area contributed by atoms with E-state index in [9.17, 15) is 9.59 Å². The second-order valence-corrected chi connectivity index (χ2v) is 3.84. The van der Waals surface area contributed by atoms with E-state index in [4.69, 9.17) is 17.9 Å². The highest BCUT2D eigenvalue weighted by atomic mass is 16.2. The maximum absolute atomic E-state index is 11.6. The van der Waals surface area contributed by atoms with Gasteiger partial charge in [0.25, 0.3) is 0 Å². The zero-order valence-electron chi connectivity index (χ0n) is 9.85. The van der Waals surface area contributed by atoms with Gasteiger partial charge in [0, 0.05) is 12.1 Å². The van der Waals surface area contributed by atoms with Gasteiger partial charge < -0.3 is 16.8 Å². The summed E-state index contributed by atoms with van der Waals surface area (Å²) in [5.41, 5.74) is 12.0. The maximum atomic E-state index is 11.6. The molecule has 0 fully saturated rings. The molecular formula is C13H15N3O2. The first kappa shape index (κ1) is 13.7. The van der Waals surface area contributed by atoms with Crippen molar-refractivity contribution in [2.45, 2.75) is 18.9 Å². The fourth-order valence-corrected chi connectivity index (χ4v) is 1.36. The molecule has 1 aromatic rings. The molecule has 1 rings (SSSR count). The van der Waals surface area contributed by atoms with Crippen molar-refractivity contribution >= 4 is 17.5 Å². The van der Waals surface area contributed by atoms with E-state index >= 15 is 0 Å². The lowest BCUT2D eigenvalue weighted by Crippen LogP contribution is -2.35. The number of benzene rings is 1. The van der Waals surface area contributed by atoms with Crippen LogP contribution in [0.15, 0.2) is 24.3 Å². The molecule has 0 aliphatic carbocycles. The lowest BCUT2D eigenvalue weighted by molar-refractivity contribution is -0.118. The standard InChI is InChI=1S/C13H15N3O2/c1-2-3-11(14)13(18)16-10-6-4-9(5-7-10)8-12(15)17/h1,4-7,11H,3,8,14H2,(H2,15,17)(H,16,18). The molecule has 5 N–H and O–H groups in total. The monoisotopic (exact) mass is 245 g/mol. The summed E-state index contributed by atoms with van der Waals surface area (Å²) in [6.07, 6.45) is 5.43. The highest BCUT2D eigenvalue weighted by Crippen LogP contribution is 2.10. The molecule has 0 radical (unpaired) electrons. The minimum atomic E-state index is -0.722. The number of nitrogens with one attached hydrogen (secondary N) is 1. The molecule has 2 amide bonds. The predicted molar refractivity (Wildman–Crippen MR) is 69.4 cm³/mol. The molecule has 0 heterocycles. The van der Waals surface area contributed by atoms with Gasteiger partial charge in [-0.3, -0.25) is 9.59 Å². The number of nitrogens with two attached hydrogens (primary N) is 2. The van der Waals surface area contributed by atoms with Crippen LogP contribution in [0.25, 0.3) is 0 Å². The molecule has 0 aliphatic rings. The van der Waals surface area contributed by atoms with Crippen molar-refractivity contribution < 1.29 is 9.59 Å². The van der Waals surface area contributed by atoms with Crippen molar-refractivity contribution in [3.05, 3.63) is 29.8 Å². The van der Waals surface area contributed by atoms with E-state index in [1.807, 2.05) is 0 Å². The Morgan fingerprint density at radius 2 is 1.94 bits per heavy atom. The molecule has 0 saturated heterocycles. The molecule has 0 saturated carbocycles. The molecule has 94 valence electrons. The molecule has 0 spiro atoms. The van der Waals surface area contributed by atoms with Crippen LogP contribution in [-0.2, 0) is 16.0 Å². The fraction of sp³-hybridized carbons (Fsp3) is 0.231. The van der Waals surface area contributed by atoms with Gasteiger partial charge in [0.1, 0.15) is 0 Å². The minimum absolute atomic E-state index is 0.171. The number of hydrogen-bond donors (Lipinski definition) is 3. The van der Waals surface area contributed by atoms with Crippen LogP contribution in [-0.4, -0.2) is 17.9 Å². The third-order valence-electron chi connectivity index (χ3n) is 2.27. The van der Waals surface area contributed by atoms with Crippen LogP contribution in [0.1, 0.15) is 12.0 Å². The van der Waals surface area contributed by atoms with Gasteiger partial charge in [-0.2, -0.15) is 0 Å². The van der Waals surface area contributed by atoms with Crippen molar-refractivity contribution in [2.24, 2.45) is 11.5 Å². The van der Waals surface area contributed by atoms with Crippen molar-refractivity contribution in [1.29, 1.82) is 0 Å². The summed E-state index contributed by atoms with van der Waals surface area (Å²) in [7, 11) is 0. The summed E-state index contributed by atoms with van der Waals surface area (Å²) in [6, 6.07) is 6.07. The Kier molecular flexibility index (Phi) is 4.90. The van der Waals surface area contributed by atoms with Crippen LogP contribution in [0.2, 0.25) is 0 Å². The first-order valence-corrected chi connectivity index (χ1v) is 5.40. The minimum Gasteiger partial charge on any atom is -0.369 e. The van der Waals surface area contributed by atoms with Crippen molar-refractivity contribution in [3.63, 3.8) is 0 Å². The molecular weight excluding hydrogens is 230 g/mol. The SMILES string of the molecule is C#CCC(N)C(=O)Nc1ccc(CC(N)=O)cc1. The average Bonchev–Trinajstić information content (AvgIpc) is 2.31. The lowest BCUT2D eigenvalue weighted by atomic mass is 10.1. The van der Waals surface area contributed by atoms with E-state index in [-0.39, 0.29) is 18.7 Å². The number of carbonyl (C=O) groups is 2. The van der Waals surface area contributed by atoms with Gasteiger partial charge in [-0.05, 0) is 17.7 Å². The first-order chi connectivity index (χ1) is 8.52. The molecule has 1 unspecified atom stereocenters. The number of hydrogen-bond acceptors (Lipinski definition) is 3. The molecule has 18 heavy (non-hydrogen) atoms. The van der Waals surface area contributed by atoms with E-state index in [1.165, 1.54) is 0 Å². The summed E-state index contributed by atoms with van der Waals surface area (Å²) in [6.45, 7) is 0. The Balaban J connectivity index is 2.61. The molecule has 0 bridgehead atoms. The Morgan fingerprint density at radius 1 is 1.33 bits per heavy atom. The molecule has 0 aliphatic heterocycles. The van der Waals surface area contributed by atoms with Gasteiger partial charge in [-0.25, -0.2) is 0 Å².